The maximum Gasteiger partial charge on any atom is 0.410 e. The monoisotopic (exact) mass is 414 g/mol. The Morgan fingerprint density at radius 3 is 2.00 bits per heavy atom. The largest absolute Gasteiger partial charge is 0.481 e. The summed E-state index contributed by atoms with van der Waals surface area (Å²) in [6, 6.07) is 0.0245. The molecule has 29 heavy (non-hydrogen) atoms. The van der Waals surface area contributed by atoms with E-state index in [4.69, 9.17) is 14.6 Å². The van der Waals surface area contributed by atoms with Gasteiger partial charge in [-0.3, -0.25) is 4.79 Å². The van der Waals surface area contributed by atoms with E-state index in [-0.39, 0.29) is 24.5 Å². The summed E-state index contributed by atoms with van der Waals surface area (Å²) in [5.74, 6) is -0.608. The summed E-state index contributed by atoms with van der Waals surface area (Å²) in [4.78, 5) is 37.2. The van der Waals surface area contributed by atoms with E-state index >= 15 is 0 Å². The van der Waals surface area contributed by atoms with Crippen LogP contribution in [-0.2, 0) is 14.3 Å². The van der Waals surface area contributed by atoms with E-state index in [0.717, 1.165) is 25.7 Å². The molecule has 0 saturated heterocycles. The Kier molecular flexibility index (Phi) is 9.23. The van der Waals surface area contributed by atoms with E-state index in [1.54, 1.807) is 25.7 Å². The fourth-order valence-electron chi connectivity index (χ4n) is 3.41. The molecule has 8 heteroatoms. The Labute approximate surface area is 174 Å². The highest BCUT2D eigenvalue weighted by Crippen LogP contribution is 2.30. The predicted octanol–water partition coefficient (Wildman–Crippen LogP) is 4.17. The summed E-state index contributed by atoms with van der Waals surface area (Å²) in [6.07, 6.45) is 3.01. The van der Waals surface area contributed by atoms with Crippen molar-refractivity contribution in [1.29, 1.82) is 0 Å². The molecule has 0 spiro atoms. The molecule has 1 aliphatic rings. The van der Waals surface area contributed by atoms with Gasteiger partial charge in [0.2, 0.25) is 0 Å². The minimum absolute atomic E-state index is 0.0245. The number of nitrogens with one attached hydrogen (secondary N) is 1. The Morgan fingerprint density at radius 2 is 1.52 bits per heavy atom. The summed E-state index contributed by atoms with van der Waals surface area (Å²) in [7, 11) is 0. The van der Waals surface area contributed by atoms with Gasteiger partial charge in [0, 0.05) is 25.6 Å². The molecule has 0 aromatic heterocycles. The van der Waals surface area contributed by atoms with Gasteiger partial charge in [0.1, 0.15) is 11.2 Å². The zero-order valence-corrected chi connectivity index (χ0v) is 18.7. The van der Waals surface area contributed by atoms with Crippen LogP contribution in [0.4, 0.5) is 9.59 Å². The second-order valence-corrected chi connectivity index (χ2v) is 9.73. The quantitative estimate of drug-likeness (QED) is 0.606. The molecule has 1 fully saturated rings. The van der Waals surface area contributed by atoms with E-state index in [9.17, 15) is 14.4 Å². The van der Waals surface area contributed by atoms with Gasteiger partial charge in [0.25, 0.3) is 0 Å². The molecule has 2 amide bonds. The summed E-state index contributed by atoms with van der Waals surface area (Å²) in [5.41, 5.74) is -1.15. The van der Waals surface area contributed by atoms with Gasteiger partial charge < -0.3 is 24.8 Å². The van der Waals surface area contributed by atoms with Crippen LogP contribution in [0.2, 0.25) is 0 Å². The van der Waals surface area contributed by atoms with E-state index in [1.807, 2.05) is 20.8 Å². The molecule has 0 radical (unpaired) electrons. The highest BCUT2D eigenvalue weighted by molar-refractivity contribution is 5.69. The van der Waals surface area contributed by atoms with Crippen LogP contribution in [0, 0.1) is 5.92 Å². The number of aliphatic carboxylic acids is 1. The number of carbonyl (C=O) groups is 3. The van der Waals surface area contributed by atoms with Crippen molar-refractivity contribution < 1.29 is 29.0 Å². The number of amides is 2. The normalized spacial score (nSPS) is 19.9. The van der Waals surface area contributed by atoms with Crippen molar-refractivity contribution in [3.63, 3.8) is 0 Å². The third kappa shape index (κ3) is 10.9. The predicted molar refractivity (Wildman–Crippen MR) is 110 cm³/mol. The Morgan fingerprint density at radius 1 is 0.966 bits per heavy atom. The molecule has 1 aliphatic carbocycles. The average Bonchev–Trinajstić information content (AvgIpc) is 2.52. The van der Waals surface area contributed by atoms with Crippen LogP contribution in [-0.4, -0.2) is 58.5 Å². The molecular weight excluding hydrogens is 376 g/mol. The van der Waals surface area contributed by atoms with Crippen molar-refractivity contribution in [3.8, 4) is 0 Å². The van der Waals surface area contributed by atoms with Crippen molar-refractivity contribution >= 4 is 18.2 Å². The molecule has 2 N–H and O–H groups in total. The minimum atomic E-state index is -0.773. The SMILES string of the molecule is CC(C)(C)OC(=O)NCCCN(C(=O)OC(C)(C)C)[C@H]1CC[C@H](CC(=O)O)CC1. The summed E-state index contributed by atoms with van der Waals surface area (Å²) in [5, 5.41) is 11.7. The minimum Gasteiger partial charge on any atom is -0.481 e. The van der Waals surface area contributed by atoms with Crippen molar-refractivity contribution in [2.75, 3.05) is 13.1 Å². The molecule has 0 aromatic rings. The van der Waals surface area contributed by atoms with E-state index < -0.39 is 23.3 Å². The van der Waals surface area contributed by atoms with Crippen LogP contribution < -0.4 is 5.32 Å². The molecular formula is C21H38N2O6. The van der Waals surface area contributed by atoms with Crippen molar-refractivity contribution in [1.82, 2.24) is 10.2 Å². The van der Waals surface area contributed by atoms with Crippen LogP contribution in [0.15, 0.2) is 0 Å². The van der Waals surface area contributed by atoms with Gasteiger partial charge in [-0.15, -0.1) is 0 Å². The molecule has 168 valence electrons. The smallest absolute Gasteiger partial charge is 0.410 e. The number of alkyl carbamates (subject to hydrolysis) is 1. The topological polar surface area (TPSA) is 105 Å². The van der Waals surface area contributed by atoms with Gasteiger partial charge >= 0.3 is 18.2 Å². The van der Waals surface area contributed by atoms with Crippen LogP contribution in [0.3, 0.4) is 0 Å². The number of carboxylic acid groups (broad SMARTS) is 1. The van der Waals surface area contributed by atoms with Gasteiger partial charge in [0.05, 0.1) is 0 Å². The molecule has 1 rings (SSSR count). The second kappa shape index (κ2) is 10.7. The van der Waals surface area contributed by atoms with Crippen molar-refractivity contribution in [2.45, 2.75) is 97.3 Å². The first-order valence-corrected chi connectivity index (χ1v) is 10.4. The van der Waals surface area contributed by atoms with Gasteiger partial charge in [-0.2, -0.15) is 0 Å². The summed E-state index contributed by atoms with van der Waals surface area (Å²) in [6.45, 7) is 11.7. The number of rotatable bonds is 7. The summed E-state index contributed by atoms with van der Waals surface area (Å²) < 4.78 is 10.8. The number of hydrogen-bond acceptors (Lipinski definition) is 5. The van der Waals surface area contributed by atoms with Crippen molar-refractivity contribution in [2.24, 2.45) is 5.92 Å². The van der Waals surface area contributed by atoms with Crippen molar-refractivity contribution in [3.05, 3.63) is 0 Å². The highest BCUT2D eigenvalue weighted by Gasteiger charge is 2.32. The zero-order valence-electron chi connectivity index (χ0n) is 18.7. The summed E-state index contributed by atoms with van der Waals surface area (Å²) >= 11 is 0. The lowest BCUT2D eigenvalue weighted by Gasteiger charge is -2.37. The molecule has 1 saturated carbocycles. The molecule has 0 atom stereocenters. The third-order valence-corrected chi connectivity index (χ3v) is 4.59. The number of nitrogens with zero attached hydrogens (tertiary/aromatic N) is 1. The van der Waals surface area contributed by atoms with Crippen LogP contribution in [0.25, 0.3) is 0 Å². The van der Waals surface area contributed by atoms with Crippen LogP contribution in [0.5, 0.6) is 0 Å². The second-order valence-electron chi connectivity index (χ2n) is 9.73. The maximum absolute atomic E-state index is 12.7. The van der Waals surface area contributed by atoms with E-state index in [0.29, 0.717) is 19.5 Å². The molecule has 8 nitrogen and oxygen atoms in total. The standard InChI is InChI=1S/C21H38N2O6/c1-20(2,3)28-18(26)22-12-7-13-23(19(27)29-21(4,5)6)16-10-8-15(9-11-16)14-17(24)25/h15-16H,7-14H2,1-6H3,(H,22,26)(H,24,25)/t15-,16-. The molecule has 0 bridgehead atoms. The van der Waals surface area contributed by atoms with E-state index in [1.165, 1.54) is 0 Å². The van der Waals surface area contributed by atoms with Gasteiger partial charge in [-0.05, 0) is 79.6 Å². The average molecular weight is 415 g/mol. The van der Waals surface area contributed by atoms with Crippen LogP contribution in [0.1, 0.15) is 80.1 Å². The maximum atomic E-state index is 12.7. The lowest BCUT2D eigenvalue weighted by molar-refractivity contribution is -0.138. The van der Waals surface area contributed by atoms with Gasteiger partial charge in [-0.25, -0.2) is 9.59 Å². The Hall–Kier alpha value is -1.99. The molecule has 0 aliphatic heterocycles. The first kappa shape index (κ1) is 25.0. The van der Waals surface area contributed by atoms with Gasteiger partial charge in [-0.1, -0.05) is 0 Å². The van der Waals surface area contributed by atoms with Crippen LogP contribution >= 0.6 is 0 Å². The molecule has 0 aromatic carbocycles. The number of ether oxygens (including phenoxy) is 2. The lowest BCUT2D eigenvalue weighted by Crippen LogP contribution is -2.46. The number of hydrogen-bond donors (Lipinski definition) is 2. The number of carbonyl (C=O) groups excluding carboxylic acids is 2. The van der Waals surface area contributed by atoms with Gasteiger partial charge in [0.15, 0.2) is 0 Å². The molecule has 0 heterocycles. The zero-order chi connectivity index (χ0) is 22.2. The highest BCUT2D eigenvalue weighted by atomic mass is 16.6. The number of carboxylic acids is 1. The Balaban J connectivity index is 2.60. The Bertz CT molecular complexity index is 556. The first-order chi connectivity index (χ1) is 13.3. The lowest BCUT2D eigenvalue weighted by atomic mass is 9.83. The first-order valence-electron chi connectivity index (χ1n) is 10.4. The fraction of sp³-hybridized carbons (Fsp3) is 0.857. The molecule has 0 unspecified atom stereocenters. The van der Waals surface area contributed by atoms with E-state index in [2.05, 4.69) is 5.32 Å². The third-order valence-electron chi connectivity index (χ3n) is 4.59. The fourth-order valence-corrected chi connectivity index (χ4v) is 3.41.